The van der Waals surface area contributed by atoms with Gasteiger partial charge in [-0.15, -0.1) is 11.8 Å². The van der Waals surface area contributed by atoms with Crippen LogP contribution in [-0.2, 0) is 11.2 Å². The first-order chi connectivity index (χ1) is 9.33. The van der Waals surface area contributed by atoms with Crippen molar-refractivity contribution in [3.05, 3.63) is 11.7 Å². The number of ether oxygens (including phenoxy) is 1. The van der Waals surface area contributed by atoms with Gasteiger partial charge in [-0.1, -0.05) is 12.1 Å². The first kappa shape index (κ1) is 13.7. The van der Waals surface area contributed by atoms with Crippen LogP contribution in [-0.4, -0.2) is 52.7 Å². The van der Waals surface area contributed by atoms with Crippen molar-refractivity contribution in [2.45, 2.75) is 29.9 Å². The number of hydrogen-bond donors (Lipinski definition) is 1. The van der Waals surface area contributed by atoms with Crippen LogP contribution in [0.3, 0.4) is 0 Å². The summed E-state index contributed by atoms with van der Waals surface area (Å²) >= 11 is 3.93. The summed E-state index contributed by atoms with van der Waals surface area (Å²) in [7, 11) is 0. The number of rotatable bonds is 3. The zero-order chi connectivity index (χ0) is 13.1. The van der Waals surface area contributed by atoms with E-state index in [-0.39, 0.29) is 0 Å². The molecule has 0 aromatic carbocycles. The summed E-state index contributed by atoms with van der Waals surface area (Å²) in [5, 5.41) is 8.49. The molecule has 2 aliphatic rings. The standard InChI is InChI=1S/C12H19N3O2S2/c1-8-11(19-5-4-18-8)12-14-10(17-15-12)6-9-7-16-3-2-13-9/h8-9,11,13H,2-7H2,1H3. The fraction of sp³-hybridized carbons (Fsp3) is 0.833. The van der Waals surface area contributed by atoms with Gasteiger partial charge in [0.2, 0.25) is 5.89 Å². The molecule has 0 spiro atoms. The molecular formula is C12H19N3O2S2. The predicted molar refractivity (Wildman–Crippen MR) is 77.7 cm³/mol. The number of nitrogens with zero attached hydrogens (tertiary/aromatic N) is 2. The lowest BCUT2D eigenvalue weighted by Gasteiger charge is -2.24. The van der Waals surface area contributed by atoms with E-state index in [4.69, 9.17) is 9.26 Å². The summed E-state index contributed by atoms with van der Waals surface area (Å²) in [4.78, 5) is 4.57. The van der Waals surface area contributed by atoms with Gasteiger partial charge in [0.25, 0.3) is 0 Å². The van der Waals surface area contributed by atoms with Gasteiger partial charge in [-0.2, -0.15) is 16.7 Å². The van der Waals surface area contributed by atoms with Crippen molar-refractivity contribution in [1.29, 1.82) is 0 Å². The number of hydrogen-bond acceptors (Lipinski definition) is 7. The fourth-order valence-electron chi connectivity index (χ4n) is 2.34. The highest BCUT2D eigenvalue weighted by Crippen LogP contribution is 2.41. The van der Waals surface area contributed by atoms with Crippen molar-refractivity contribution in [2.24, 2.45) is 0 Å². The molecule has 0 amide bonds. The van der Waals surface area contributed by atoms with E-state index in [2.05, 4.69) is 22.4 Å². The van der Waals surface area contributed by atoms with E-state index in [1.165, 1.54) is 11.5 Å². The molecule has 3 heterocycles. The predicted octanol–water partition coefficient (Wildman–Crippen LogP) is 1.51. The number of nitrogens with one attached hydrogen (secondary N) is 1. The maximum absolute atomic E-state index is 5.43. The molecule has 3 rings (SSSR count). The van der Waals surface area contributed by atoms with Crippen molar-refractivity contribution in [1.82, 2.24) is 15.5 Å². The molecule has 2 aliphatic heterocycles. The van der Waals surface area contributed by atoms with Crippen LogP contribution in [0, 0.1) is 0 Å². The fourth-order valence-corrected chi connectivity index (χ4v) is 5.02. The Labute approximate surface area is 121 Å². The van der Waals surface area contributed by atoms with Crippen molar-refractivity contribution < 1.29 is 9.26 Å². The van der Waals surface area contributed by atoms with Gasteiger partial charge in [0.1, 0.15) is 0 Å². The van der Waals surface area contributed by atoms with Gasteiger partial charge in [-0.25, -0.2) is 0 Å². The van der Waals surface area contributed by atoms with Crippen molar-refractivity contribution in [3.63, 3.8) is 0 Å². The first-order valence-corrected chi connectivity index (χ1v) is 8.79. The molecular weight excluding hydrogens is 282 g/mol. The molecule has 0 aliphatic carbocycles. The smallest absolute Gasteiger partial charge is 0.228 e. The Balaban J connectivity index is 1.61. The number of thioether (sulfide) groups is 2. The van der Waals surface area contributed by atoms with E-state index >= 15 is 0 Å². The molecule has 1 N–H and O–H groups in total. The Bertz CT molecular complexity index is 409. The second-order valence-electron chi connectivity index (χ2n) is 4.84. The Morgan fingerprint density at radius 2 is 2.26 bits per heavy atom. The minimum Gasteiger partial charge on any atom is -0.378 e. The zero-order valence-electron chi connectivity index (χ0n) is 11.0. The molecule has 3 atom stereocenters. The van der Waals surface area contributed by atoms with Gasteiger partial charge in [0, 0.05) is 35.8 Å². The lowest BCUT2D eigenvalue weighted by Crippen LogP contribution is -2.42. The largest absolute Gasteiger partial charge is 0.378 e. The minimum atomic E-state index is 0.299. The van der Waals surface area contributed by atoms with Crippen LogP contribution < -0.4 is 5.32 Å². The molecule has 106 valence electrons. The highest BCUT2D eigenvalue weighted by atomic mass is 32.2. The molecule has 1 aromatic heterocycles. The maximum Gasteiger partial charge on any atom is 0.228 e. The van der Waals surface area contributed by atoms with Crippen LogP contribution in [0.4, 0.5) is 0 Å². The van der Waals surface area contributed by atoms with E-state index in [0.29, 0.717) is 16.5 Å². The lowest BCUT2D eigenvalue weighted by atomic mass is 10.2. The second kappa shape index (κ2) is 6.47. The van der Waals surface area contributed by atoms with Crippen molar-refractivity contribution in [3.8, 4) is 0 Å². The molecule has 2 saturated heterocycles. The molecule has 0 saturated carbocycles. The average molecular weight is 301 g/mol. The molecule has 2 fully saturated rings. The third kappa shape index (κ3) is 3.45. The Morgan fingerprint density at radius 1 is 1.37 bits per heavy atom. The van der Waals surface area contributed by atoms with E-state index in [0.717, 1.165) is 37.9 Å². The van der Waals surface area contributed by atoms with Gasteiger partial charge in [-0.05, 0) is 0 Å². The highest BCUT2D eigenvalue weighted by molar-refractivity contribution is 8.06. The third-order valence-electron chi connectivity index (χ3n) is 3.35. The number of morpholine rings is 1. The van der Waals surface area contributed by atoms with E-state index < -0.39 is 0 Å². The van der Waals surface area contributed by atoms with Gasteiger partial charge in [-0.3, -0.25) is 0 Å². The Morgan fingerprint density at radius 3 is 3.05 bits per heavy atom. The van der Waals surface area contributed by atoms with Gasteiger partial charge < -0.3 is 14.6 Å². The van der Waals surface area contributed by atoms with E-state index in [1.54, 1.807) is 0 Å². The summed E-state index contributed by atoms with van der Waals surface area (Å²) in [6.07, 6.45) is 0.756. The molecule has 3 unspecified atom stereocenters. The van der Waals surface area contributed by atoms with Crippen LogP contribution in [0.2, 0.25) is 0 Å². The van der Waals surface area contributed by atoms with E-state index in [1.807, 2.05) is 23.5 Å². The summed E-state index contributed by atoms with van der Waals surface area (Å²) < 4.78 is 10.8. The topological polar surface area (TPSA) is 60.2 Å². The van der Waals surface area contributed by atoms with E-state index in [9.17, 15) is 0 Å². The SMILES string of the molecule is CC1SCCSC1c1noc(CC2COCCN2)n1. The number of aromatic nitrogens is 2. The molecule has 7 heteroatoms. The molecule has 0 radical (unpaired) electrons. The summed E-state index contributed by atoms with van der Waals surface area (Å²) in [6.45, 7) is 4.66. The lowest BCUT2D eigenvalue weighted by molar-refractivity contribution is 0.0744. The normalized spacial score (nSPS) is 32.4. The van der Waals surface area contributed by atoms with Gasteiger partial charge in [0.05, 0.1) is 18.5 Å². The summed E-state index contributed by atoms with van der Waals surface area (Å²) in [5.74, 6) is 3.97. The Kier molecular flexibility index (Phi) is 4.68. The van der Waals surface area contributed by atoms with Gasteiger partial charge in [0.15, 0.2) is 5.82 Å². The zero-order valence-corrected chi connectivity index (χ0v) is 12.6. The second-order valence-corrected chi connectivity index (χ2v) is 7.58. The van der Waals surface area contributed by atoms with Crippen LogP contribution in [0.5, 0.6) is 0 Å². The quantitative estimate of drug-likeness (QED) is 0.908. The Hall–Kier alpha value is -0.240. The molecule has 19 heavy (non-hydrogen) atoms. The van der Waals surface area contributed by atoms with Crippen LogP contribution in [0.1, 0.15) is 23.9 Å². The van der Waals surface area contributed by atoms with Crippen molar-refractivity contribution in [2.75, 3.05) is 31.3 Å². The summed E-state index contributed by atoms with van der Waals surface area (Å²) in [5.41, 5.74) is 0. The maximum atomic E-state index is 5.43. The molecule has 5 nitrogen and oxygen atoms in total. The van der Waals surface area contributed by atoms with Crippen LogP contribution in [0.25, 0.3) is 0 Å². The van der Waals surface area contributed by atoms with Gasteiger partial charge >= 0.3 is 0 Å². The first-order valence-electron chi connectivity index (χ1n) is 6.70. The third-order valence-corrected chi connectivity index (χ3v) is 6.43. The van der Waals surface area contributed by atoms with Crippen molar-refractivity contribution >= 4 is 23.5 Å². The van der Waals surface area contributed by atoms with Crippen LogP contribution >= 0.6 is 23.5 Å². The highest BCUT2D eigenvalue weighted by Gasteiger charge is 2.29. The van der Waals surface area contributed by atoms with Crippen LogP contribution in [0.15, 0.2) is 4.52 Å². The monoisotopic (exact) mass is 301 g/mol. The molecule has 1 aromatic rings. The average Bonchev–Trinajstić information content (AvgIpc) is 2.89. The summed E-state index contributed by atoms with van der Waals surface area (Å²) in [6, 6.07) is 0.299. The molecule has 0 bridgehead atoms. The minimum absolute atomic E-state index is 0.299.